The Morgan fingerprint density at radius 3 is 2.59 bits per heavy atom. The second kappa shape index (κ2) is 5.68. The summed E-state index contributed by atoms with van der Waals surface area (Å²) in [7, 11) is -0.919. The maximum atomic E-state index is 12.1. The topological polar surface area (TPSA) is 64.0 Å². The summed E-state index contributed by atoms with van der Waals surface area (Å²) < 4.78 is 13.5. The predicted molar refractivity (Wildman–Crippen MR) is 87.3 cm³/mol. The van der Waals surface area contributed by atoms with Crippen LogP contribution in [0.3, 0.4) is 0 Å². The lowest BCUT2D eigenvalue weighted by atomic mass is 10.2. The average Bonchev–Trinajstić information content (AvgIpc) is 2.97. The Hall–Kier alpha value is -1.95. The number of rotatable bonds is 3. The van der Waals surface area contributed by atoms with Crippen LogP contribution < -0.4 is 5.32 Å². The van der Waals surface area contributed by atoms with Gasteiger partial charge in [-0.1, -0.05) is 31.5 Å². The third-order valence-electron chi connectivity index (χ3n) is 3.71. The lowest BCUT2D eigenvalue weighted by Gasteiger charge is -2.12. The molecule has 0 radical (unpaired) electrons. The van der Waals surface area contributed by atoms with E-state index in [0.717, 1.165) is 22.5 Å². The molecule has 2 aromatic rings. The van der Waals surface area contributed by atoms with E-state index in [1.165, 1.54) is 0 Å². The lowest BCUT2D eigenvalue weighted by Crippen LogP contribution is -2.21. The second-order valence-corrected chi connectivity index (χ2v) is 7.35. The van der Waals surface area contributed by atoms with E-state index in [4.69, 9.17) is 0 Å². The smallest absolute Gasteiger partial charge is 0.228 e. The monoisotopic (exact) mass is 317 g/mol. The highest BCUT2D eigenvalue weighted by molar-refractivity contribution is 7.83. The molecule has 0 bridgehead atoms. The van der Waals surface area contributed by atoms with Crippen LogP contribution in [-0.2, 0) is 27.1 Å². The number of amides is 1. The molecule has 1 aliphatic heterocycles. The van der Waals surface area contributed by atoms with Crippen molar-refractivity contribution in [1.82, 2.24) is 9.78 Å². The summed E-state index contributed by atoms with van der Waals surface area (Å²) in [5, 5.41) is 7.51. The van der Waals surface area contributed by atoms with Gasteiger partial charge in [-0.15, -0.1) is 0 Å². The van der Waals surface area contributed by atoms with E-state index in [1.54, 1.807) is 4.68 Å². The molecule has 6 heteroatoms. The number of hydrogen-bond acceptors (Lipinski definition) is 3. The SMILES string of the molecule is Cc1ccc(-n2nc3c(c2NC(=O)C(C)C)CS(=O)C3)cc1. The first kappa shape index (κ1) is 15.0. The van der Waals surface area contributed by atoms with Crippen LogP contribution in [0.4, 0.5) is 5.82 Å². The van der Waals surface area contributed by atoms with Crippen molar-refractivity contribution in [1.29, 1.82) is 0 Å². The van der Waals surface area contributed by atoms with Gasteiger partial charge in [0.1, 0.15) is 5.82 Å². The van der Waals surface area contributed by atoms with Crippen LogP contribution in [0.15, 0.2) is 24.3 Å². The van der Waals surface area contributed by atoms with E-state index in [9.17, 15) is 9.00 Å². The fraction of sp³-hybridized carbons (Fsp3) is 0.375. The van der Waals surface area contributed by atoms with Gasteiger partial charge >= 0.3 is 0 Å². The molecule has 1 amide bonds. The summed E-state index contributed by atoms with van der Waals surface area (Å²) in [5.74, 6) is 1.38. The number of carbonyl (C=O) groups is 1. The Bertz CT molecular complexity index is 747. The van der Waals surface area contributed by atoms with Crippen LogP contribution in [-0.4, -0.2) is 19.9 Å². The highest BCUT2D eigenvalue weighted by Gasteiger charge is 2.28. The number of anilines is 1. The molecule has 0 saturated heterocycles. The largest absolute Gasteiger partial charge is 0.310 e. The van der Waals surface area contributed by atoms with Crippen molar-refractivity contribution in [3.05, 3.63) is 41.1 Å². The first-order valence-corrected chi connectivity index (χ1v) is 8.78. The lowest BCUT2D eigenvalue weighted by molar-refractivity contribution is -0.118. The van der Waals surface area contributed by atoms with Crippen molar-refractivity contribution < 1.29 is 9.00 Å². The molecule has 0 aliphatic carbocycles. The Balaban J connectivity index is 2.06. The van der Waals surface area contributed by atoms with E-state index >= 15 is 0 Å². The van der Waals surface area contributed by atoms with Crippen molar-refractivity contribution in [3.63, 3.8) is 0 Å². The highest BCUT2D eigenvalue weighted by atomic mass is 32.2. The molecule has 1 aromatic carbocycles. The number of nitrogens with one attached hydrogen (secondary N) is 1. The van der Waals surface area contributed by atoms with Gasteiger partial charge in [0.25, 0.3) is 0 Å². The summed E-state index contributed by atoms with van der Waals surface area (Å²) in [6.45, 7) is 5.72. The number of aryl methyl sites for hydroxylation is 1. The van der Waals surface area contributed by atoms with Gasteiger partial charge in [-0.25, -0.2) is 4.68 Å². The van der Waals surface area contributed by atoms with Crippen LogP contribution >= 0.6 is 0 Å². The van der Waals surface area contributed by atoms with E-state index in [1.807, 2.05) is 45.0 Å². The molecule has 0 spiro atoms. The van der Waals surface area contributed by atoms with Gasteiger partial charge in [0.15, 0.2) is 0 Å². The summed E-state index contributed by atoms with van der Waals surface area (Å²) in [6, 6.07) is 7.96. The first-order chi connectivity index (χ1) is 10.5. The zero-order valence-electron chi connectivity index (χ0n) is 12.9. The van der Waals surface area contributed by atoms with Gasteiger partial charge in [-0.2, -0.15) is 5.10 Å². The van der Waals surface area contributed by atoms with E-state index in [-0.39, 0.29) is 11.8 Å². The minimum atomic E-state index is -0.919. The van der Waals surface area contributed by atoms with E-state index < -0.39 is 10.8 Å². The normalized spacial score (nSPS) is 16.8. The minimum Gasteiger partial charge on any atom is -0.310 e. The zero-order chi connectivity index (χ0) is 15.9. The molecular weight excluding hydrogens is 298 g/mol. The first-order valence-electron chi connectivity index (χ1n) is 7.29. The van der Waals surface area contributed by atoms with Crippen LogP contribution in [0.1, 0.15) is 30.7 Å². The fourth-order valence-corrected chi connectivity index (χ4v) is 3.65. The van der Waals surface area contributed by atoms with Gasteiger partial charge in [-0.3, -0.25) is 9.00 Å². The third kappa shape index (κ3) is 2.70. The van der Waals surface area contributed by atoms with Crippen molar-refractivity contribution in [2.75, 3.05) is 5.32 Å². The summed E-state index contributed by atoms with van der Waals surface area (Å²) >= 11 is 0. The molecule has 0 saturated carbocycles. The van der Waals surface area contributed by atoms with Gasteiger partial charge < -0.3 is 5.32 Å². The molecule has 1 aromatic heterocycles. The molecule has 22 heavy (non-hydrogen) atoms. The maximum absolute atomic E-state index is 12.1. The molecule has 1 N–H and O–H groups in total. The Labute approximate surface area is 132 Å². The van der Waals surface area contributed by atoms with Gasteiger partial charge in [0.2, 0.25) is 5.91 Å². The number of carbonyl (C=O) groups excluding carboxylic acids is 1. The number of benzene rings is 1. The molecule has 5 nitrogen and oxygen atoms in total. The average molecular weight is 317 g/mol. The second-order valence-electron chi connectivity index (χ2n) is 5.89. The molecule has 1 aliphatic rings. The Morgan fingerprint density at radius 2 is 1.95 bits per heavy atom. The predicted octanol–water partition coefficient (Wildman–Crippen LogP) is 2.54. The van der Waals surface area contributed by atoms with Crippen molar-refractivity contribution in [2.24, 2.45) is 5.92 Å². The van der Waals surface area contributed by atoms with Crippen LogP contribution in [0.25, 0.3) is 5.69 Å². The number of nitrogens with zero attached hydrogens (tertiary/aromatic N) is 2. The zero-order valence-corrected chi connectivity index (χ0v) is 13.7. The van der Waals surface area contributed by atoms with E-state index in [2.05, 4.69) is 10.4 Å². The molecule has 116 valence electrons. The molecule has 3 rings (SSSR count). The molecule has 1 atom stereocenters. The standard InChI is InChI=1S/C16H19N3O2S/c1-10(2)16(20)17-15-13-8-22(21)9-14(13)18-19(15)12-6-4-11(3)5-7-12/h4-7,10H,8-9H2,1-3H3,(H,17,20). The van der Waals surface area contributed by atoms with Crippen LogP contribution in [0, 0.1) is 12.8 Å². The summed E-state index contributed by atoms with van der Waals surface area (Å²) in [5.41, 5.74) is 3.77. The third-order valence-corrected chi connectivity index (χ3v) is 4.92. The van der Waals surface area contributed by atoms with Crippen molar-refractivity contribution >= 4 is 22.5 Å². The quantitative estimate of drug-likeness (QED) is 0.946. The maximum Gasteiger partial charge on any atom is 0.228 e. The van der Waals surface area contributed by atoms with Crippen LogP contribution in [0.5, 0.6) is 0 Å². The van der Waals surface area contributed by atoms with E-state index in [0.29, 0.717) is 17.3 Å². The Kier molecular flexibility index (Phi) is 3.87. The van der Waals surface area contributed by atoms with Gasteiger partial charge in [-0.05, 0) is 19.1 Å². The summed E-state index contributed by atoms with van der Waals surface area (Å²) in [4.78, 5) is 12.1. The molecule has 2 heterocycles. The molecular formula is C16H19N3O2S. The van der Waals surface area contributed by atoms with Crippen LogP contribution in [0.2, 0.25) is 0 Å². The van der Waals surface area contributed by atoms with Crippen molar-refractivity contribution in [2.45, 2.75) is 32.3 Å². The number of hydrogen-bond donors (Lipinski definition) is 1. The molecule has 0 fully saturated rings. The minimum absolute atomic E-state index is 0.0613. The number of fused-ring (bicyclic) bond motifs is 1. The van der Waals surface area contributed by atoms with Gasteiger partial charge in [0.05, 0.1) is 22.9 Å². The fourth-order valence-electron chi connectivity index (χ4n) is 2.39. The Morgan fingerprint density at radius 1 is 1.27 bits per heavy atom. The van der Waals surface area contributed by atoms with Crippen molar-refractivity contribution in [3.8, 4) is 5.69 Å². The summed E-state index contributed by atoms with van der Waals surface area (Å²) in [6.07, 6.45) is 0. The number of aromatic nitrogens is 2. The highest BCUT2D eigenvalue weighted by Crippen LogP contribution is 2.31. The molecule has 1 unspecified atom stereocenters. The van der Waals surface area contributed by atoms with Gasteiger partial charge in [0, 0.05) is 22.3 Å².